The van der Waals surface area contributed by atoms with Gasteiger partial charge in [-0.25, -0.2) is 8.42 Å². The zero-order chi connectivity index (χ0) is 18.7. The van der Waals surface area contributed by atoms with Gasteiger partial charge in [0.2, 0.25) is 5.91 Å². The molecular weight excluding hydrogens is 336 g/mol. The number of anilines is 1. The Bertz CT molecular complexity index is 682. The molecule has 6 heteroatoms. The molecule has 0 spiro atoms. The molecule has 1 amide bonds. The predicted octanol–water partition coefficient (Wildman–Crippen LogP) is 3.00. The molecule has 1 aliphatic heterocycles. The van der Waals surface area contributed by atoms with Gasteiger partial charge in [-0.15, -0.1) is 0 Å². The highest BCUT2D eigenvalue weighted by Gasteiger charge is 2.23. The van der Waals surface area contributed by atoms with Crippen LogP contribution in [-0.2, 0) is 14.6 Å². The molecule has 0 saturated carbocycles. The fourth-order valence-corrected chi connectivity index (χ4v) is 3.96. The minimum Gasteiger partial charge on any atom is -0.371 e. The maximum Gasteiger partial charge on any atom is 0.220 e. The zero-order valence-electron chi connectivity index (χ0n) is 15.7. The van der Waals surface area contributed by atoms with E-state index in [-0.39, 0.29) is 23.1 Å². The average Bonchev–Trinajstić information content (AvgIpc) is 2.54. The molecular formula is C19H30N2O3S. The number of sulfone groups is 1. The number of hydrogen-bond donors (Lipinski definition) is 1. The van der Waals surface area contributed by atoms with Crippen molar-refractivity contribution in [3.05, 3.63) is 24.3 Å². The Kier molecular flexibility index (Phi) is 6.14. The van der Waals surface area contributed by atoms with E-state index in [1.54, 1.807) is 19.1 Å². The van der Waals surface area contributed by atoms with Crippen molar-refractivity contribution in [2.75, 3.05) is 23.7 Å². The van der Waals surface area contributed by atoms with Crippen molar-refractivity contribution in [2.45, 2.75) is 57.9 Å². The Balaban J connectivity index is 1.89. The van der Waals surface area contributed by atoms with E-state index < -0.39 is 9.84 Å². The number of piperidine rings is 1. The van der Waals surface area contributed by atoms with Gasteiger partial charge in [-0.05, 0) is 42.5 Å². The fraction of sp³-hybridized carbons (Fsp3) is 0.632. The summed E-state index contributed by atoms with van der Waals surface area (Å²) >= 11 is 0. The molecule has 1 heterocycles. The summed E-state index contributed by atoms with van der Waals surface area (Å²) in [6, 6.07) is 7.35. The Labute approximate surface area is 151 Å². The third-order valence-corrected chi connectivity index (χ3v) is 6.24. The fourth-order valence-electron chi connectivity index (χ4n) is 3.07. The molecule has 1 aliphatic rings. The lowest BCUT2D eigenvalue weighted by Crippen LogP contribution is -2.45. The van der Waals surface area contributed by atoms with Gasteiger partial charge in [0.05, 0.1) is 10.6 Å². The van der Waals surface area contributed by atoms with E-state index in [0.717, 1.165) is 31.6 Å². The van der Waals surface area contributed by atoms with E-state index in [9.17, 15) is 13.2 Å². The molecule has 0 aliphatic carbocycles. The summed E-state index contributed by atoms with van der Waals surface area (Å²) in [5.41, 5.74) is 1.04. The van der Waals surface area contributed by atoms with Crippen molar-refractivity contribution in [3.8, 4) is 0 Å². The highest BCUT2D eigenvalue weighted by Crippen LogP contribution is 2.23. The quantitative estimate of drug-likeness (QED) is 0.870. The Morgan fingerprint density at radius 2 is 1.72 bits per heavy atom. The smallest absolute Gasteiger partial charge is 0.220 e. The number of rotatable bonds is 5. The summed E-state index contributed by atoms with van der Waals surface area (Å²) in [7, 11) is -3.15. The van der Waals surface area contributed by atoms with E-state index in [2.05, 4.69) is 31.0 Å². The molecule has 1 aromatic carbocycles. The van der Waals surface area contributed by atoms with Crippen LogP contribution in [0.2, 0.25) is 0 Å². The van der Waals surface area contributed by atoms with Gasteiger partial charge in [0.15, 0.2) is 9.84 Å². The lowest BCUT2D eigenvalue weighted by molar-refractivity contribution is -0.123. The number of carbonyl (C=O) groups excluding carboxylic acids is 1. The number of nitrogens with one attached hydrogen (secondary N) is 1. The lowest BCUT2D eigenvalue weighted by atomic mass is 9.91. The first-order valence-corrected chi connectivity index (χ1v) is 10.6. The second-order valence-electron chi connectivity index (χ2n) is 7.96. The van der Waals surface area contributed by atoms with Crippen LogP contribution in [0.4, 0.5) is 5.69 Å². The first-order valence-electron chi connectivity index (χ1n) is 8.98. The molecule has 1 N–H and O–H groups in total. The van der Waals surface area contributed by atoms with Crippen LogP contribution in [0.1, 0.15) is 47.0 Å². The summed E-state index contributed by atoms with van der Waals surface area (Å²) in [5, 5.41) is 3.14. The van der Waals surface area contributed by atoms with Crippen molar-refractivity contribution >= 4 is 21.4 Å². The molecule has 0 bridgehead atoms. The zero-order valence-corrected chi connectivity index (χ0v) is 16.5. The first kappa shape index (κ1) is 19.8. The Morgan fingerprint density at radius 3 is 2.20 bits per heavy atom. The molecule has 25 heavy (non-hydrogen) atoms. The van der Waals surface area contributed by atoms with Crippen LogP contribution in [0, 0.1) is 5.41 Å². The maximum absolute atomic E-state index is 12.1. The van der Waals surface area contributed by atoms with Gasteiger partial charge in [0.1, 0.15) is 0 Å². The van der Waals surface area contributed by atoms with E-state index in [1.165, 1.54) is 0 Å². The van der Waals surface area contributed by atoms with E-state index in [4.69, 9.17) is 0 Å². The standard InChI is InChI=1S/C19H30N2O3S/c1-5-25(23,24)17-8-6-16(7-9-17)21-12-10-15(11-13-21)20-18(22)14-19(2,3)4/h6-9,15H,5,10-14H2,1-4H3,(H,20,22). The third kappa shape index (κ3) is 5.73. The Morgan fingerprint density at radius 1 is 1.16 bits per heavy atom. The molecule has 1 fully saturated rings. The minimum atomic E-state index is -3.15. The Hall–Kier alpha value is -1.56. The van der Waals surface area contributed by atoms with E-state index in [1.807, 2.05) is 12.1 Å². The number of amides is 1. The maximum atomic E-state index is 12.1. The molecule has 1 aromatic rings. The van der Waals surface area contributed by atoms with Gasteiger partial charge < -0.3 is 10.2 Å². The average molecular weight is 367 g/mol. The molecule has 0 unspecified atom stereocenters. The van der Waals surface area contributed by atoms with E-state index >= 15 is 0 Å². The summed E-state index contributed by atoms with van der Waals surface area (Å²) in [6.45, 7) is 9.58. The topological polar surface area (TPSA) is 66.5 Å². The summed E-state index contributed by atoms with van der Waals surface area (Å²) in [5.74, 6) is 0.242. The molecule has 140 valence electrons. The molecule has 5 nitrogen and oxygen atoms in total. The second kappa shape index (κ2) is 7.77. The predicted molar refractivity (Wildman–Crippen MR) is 102 cm³/mol. The monoisotopic (exact) mass is 366 g/mol. The van der Waals surface area contributed by atoms with Crippen molar-refractivity contribution < 1.29 is 13.2 Å². The molecule has 2 rings (SSSR count). The van der Waals surface area contributed by atoms with Crippen LogP contribution < -0.4 is 10.2 Å². The minimum absolute atomic E-state index is 0.00531. The summed E-state index contributed by atoms with van der Waals surface area (Å²) in [4.78, 5) is 14.7. The number of hydrogen-bond acceptors (Lipinski definition) is 4. The van der Waals surface area contributed by atoms with Crippen LogP contribution >= 0.6 is 0 Å². The molecule has 0 radical (unpaired) electrons. The van der Waals surface area contributed by atoms with Gasteiger partial charge >= 0.3 is 0 Å². The normalized spacial score (nSPS) is 16.7. The van der Waals surface area contributed by atoms with Crippen molar-refractivity contribution in [3.63, 3.8) is 0 Å². The first-order chi connectivity index (χ1) is 11.6. The van der Waals surface area contributed by atoms with Crippen molar-refractivity contribution in [1.82, 2.24) is 5.32 Å². The number of nitrogens with zero attached hydrogens (tertiary/aromatic N) is 1. The highest BCUT2D eigenvalue weighted by atomic mass is 32.2. The second-order valence-corrected chi connectivity index (χ2v) is 10.2. The molecule has 0 atom stereocenters. The van der Waals surface area contributed by atoms with Gasteiger partial charge in [0, 0.05) is 31.2 Å². The van der Waals surface area contributed by atoms with Crippen LogP contribution in [0.5, 0.6) is 0 Å². The van der Waals surface area contributed by atoms with Gasteiger partial charge in [-0.1, -0.05) is 27.7 Å². The van der Waals surface area contributed by atoms with Crippen molar-refractivity contribution in [2.24, 2.45) is 5.41 Å². The third-order valence-electron chi connectivity index (χ3n) is 4.49. The van der Waals surface area contributed by atoms with E-state index in [0.29, 0.717) is 11.3 Å². The molecule has 1 saturated heterocycles. The highest BCUT2D eigenvalue weighted by molar-refractivity contribution is 7.91. The summed E-state index contributed by atoms with van der Waals surface area (Å²) in [6.07, 6.45) is 2.36. The number of carbonyl (C=O) groups is 1. The molecule has 0 aromatic heterocycles. The SMILES string of the molecule is CCS(=O)(=O)c1ccc(N2CCC(NC(=O)CC(C)(C)C)CC2)cc1. The largest absolute Gasteiger partial charge is 0.371 e. The van der Waals surface area contributed by atoms with Gasteiger partial charge in [-0.3, -0.25) is 4.79 Å². The van der Waals surface area contributed by atoms with Crippen LogP contribution in [-0.4, -0.2) is 39.2 Å². The van der Waals surface area contributed by atoms with Gasteiger partial charge in [-0.2, -0.15) is 0 Å². The number of benzene rings is 1. The van der Waals surface area contributed by atoms with Crippen LogP contribution in [0.15, 0.2) is 29.2 Å². The lowest BCUT2D eigenvalue weighted by Gasteiger charge is -2.34. The van der Waals surface area contributed by atoms with Crippen LogP contribution in [0.25, 0.3) is 0 Å². The van der Waals surface area contributed by atoms with Crippen LogP contribution in [0.3, 0.4) is 0 Å². The van der Waals surface area contributed by atoms with Gasteiger partial charge in [0.25, 0.3) is 0 Å². The summed E-state index contributed by atoms with van der Waals surface area (Å²) < 4.78 is 23.8. The van der Waals surface area contributed by atoms with Crippen molar-refractivity contribution in [1.29, 1.82) is 0 Å².